The van der Waals surface area contributed by atoms with E-state index >= 15 is 0 Å². The predicted octanol–water partition coefficient (Wildman–Crippen LogP) is 12.0. The summed E-state index contributed by atoms with van der Waals surface area (Å²) in [5.74, 6) is 2.09. The average molecular weight is 667 g/mol. The molecule has 52 heavy (non-hydrogen) atoms. The number of fused-ring (bicyclic) bond motifs is 10. The van der Waals surface area contributed by atoms with Gasteiger partial charge in [-0.05, 0) is 52.6 Å². The molecule has 1 unspecified atom stereocenters. The standard InChI is InChI=1S/C47H30N4O/c1-28-32-17-8-9-18-33(32)35-24-25-36-34-19-10-11-22-40(34)51(43(36)42(28)35)31-23-26-41-39(27-31)37-20-12-21-38(44(37)52-41)47-49-45(29-13-4-2-5-14-29)48-46(50-47)30-15-6-3-7-16-30/h2-28H,1H3. The highest BCUT2D eigenvalue weighted by molar-refractivity contribution is 6.14. The Labute approximate surface area is 299 Å². The van der Waals surface area contributed by atoms with E-state index in [2.05, 4.69) is 102 Å². The van der Waals surface area contributed by atoms with Crippen LogP contribution in [0.2, 0.25) is 0 Å². The van der Waals surface area contributed by atoms with Crippen LogP contribution < -0.4 is 0 Å². The SMILES string of the molecule is CC1c2ccccc2-c2ccc3c4ccccc4n(-c4ccc5oc6c(-c7nc(-c8ccccc8)nc(-c8ccccc8)n7)cccc6c5c4)c3c21. The van der Waals surface area contributed by atoms with Crippen molar-refractivity contribution in [3.63, 3.8) is 0 Å². The molecule has 244 valence electrons. The molecular weight excluding hydrogens is 637 g/mol. The van der Waals surface area contributed by atoms with Crippen molar-refractivity contribution in [1.29, 1.82) is 0 Å². The van der Waals surface area contributed by atoms with E-state index < -0.39 is 0 Å². The summed E-state index contributed by atoms with van der Waals surface area (Å²) in [5.41, 5.74) is 13.2. The lowest BCUT2D eigenvalue weighted by molar-refractivity contribution is 0.669. The molecule has 0 aliphatic heterocycles. The molecule has 3 aromatic heterocycles. The summed E-state index contributed by atoms with van der Waals surface area (Å²) in [4.78, 5) is 14.9. The Morgan fingerprint density at radius 1 is 0.500 bits per heavy atom. The first kappa shape index (κ1) is 28.9. The molecule has 0 amide bonds. The van der Waals surface area contributed by atoms with Crippen LogP contribution in [0, 0.1) is 0 Å². The van der Waals surface area contributed by atoms with Gasteiger partial charge in [0.1, 0.15) is 11.2 Å². The summed E-state index contributed by atoms with van der Waals surface area (Å²) in [5, 5.41) is 4.58. The number of benzene rings is 7. The van der Waals surface area contributed by atoms with Crippen LogP contribution in [0.1, 0.15) is 24.0 Å². The number of rotatable bonds is 4. The number of nitrogens with zero attached hydrogens (tertiary/aromatic N) is 4. The molecule has 1 atom stereocenters. The lowest BCUT2D eigenvalue weighted by Gasteiger charge is -2.14. The Kier molecular flexibility index (Phi) is 6.16. The van der Waals surface area contributed by atoms with Crippen molar-refractivity contribution in [1.82, 2.24) is 19.5 Å². The Hall–Kier alpha value is -6.85. The van der Waals surface area contributed by atoms with Gasteiger partial charge < -0.3 is 8.98 Å². The third-order valence-corrected chi connectivity index (χ3v) is 10.7. The minimum atomic E-state index is 0.279. The van der Waals surface area contributed by atoms with Gasteiger partial charge in [-0.1, -0.05) is 134 Å². The predicted molar refractivity (Wildman–Crippen MR) is 211 cm³/mol. The van der Waals surface area contributed by atoms with Gasteiger partial charge in [0.2, 0.25) is 0 Å². The van der Waals surface area contributed by atoms with Gasteiger partial charge in [0, 0.05) is 44.3 Å². The average Bonchev–Trinajstić information content (AvgIpc) is 3.85. The van der Waals surface area contributed by atoms with E-state index in [1.165, 1.54) is 44.1 Å². The van der Waals surface area contributed by atoms with E-state index in [1.54, 1.807) is 0 Å². The van der Waals surface area contributed by atoms with Crippen LogP contribution in [-0.2, 0) is 0 Å². The molecule has 10 aromatic rings. The van der Waals surface area contributed by atoms with Gasteiger partial charge in [-0.25, -0.2) is 15.0 Å². The first-order valence-corrected chi connectivity index (χ1v) is 17.7. The van der Waals surface area contributed by atoms with Crippen molar-refractivity contribution in [2.24, 2.45) is 0 Å². The van der Waals surface area contributed by atoms with Crippen LogP contribution in [0.4, 0.5) is 0 Å². The fourth-order valence-electron chi connectivity index (χ4n) is 8.33. The van der Waals surface area contributed by atoms with Gasteiger partial charge in [-0.2, -0.15) is 0 Å². The molecule has 0 fully saturated rings. The molecule has 5 nitrogen and oxygen atoms in total. The van der Waals surface area contributed by atoms with Crippen molar-refractivity contribution >= 4 is 43.7 Å². The van der Waals surface area contributed by atoms with Crippen LogP contribution in [0.25, 0.3) is 94.7 Å². The largest absolute Gasteiger partial charge is 0.455 e. The molecule has 0 bridgehead atoms. The van der Waals surface area contributed by atoms with Gasteiger partial charge >= 0.3 is 0 Å². The van der Waals surface area contributed by atoms with E-state index in [9.17, 15) is 0 Å². The molecule has 0 N–H and O–H groups in total. The van der Waals surface area contributed by atoms with Gasteiger partial charge in [-0.3, -0.25) is 0 Å². The zero-order valence-electron chi connectivity index (χ0n) is 28.3. The fourth-order valence-corrected chi connectivity index (χ4v) is 8.33. The van der Waals surface area contributed by atoms with E-state index in [1.807, 2.05) is 66.7 Å². The topological polar surface area (TPSA) is 56.7 Å². The van der Waals surface area contributed by atoms with Gasteiger partial charge in [-0.15, -0.1) is 0 Å². The first-order valence-electron chi connectivity index (χ1n) is 17.7. The Morgan fingerprint density at radius 3 is 1.94 bits per heavy atom. The zero-order valence-corrected chi connectivity index (χ0v) is 28.3. The van der Waals surface area contributed by atoms with Crippen molar-refractivity contribution in [3.8, 4) is 51.0 Å². The summed E-state index contributed by atoms with van der Waals surface area (Å²) in [6.45, 7) is 2.34. The summed E-state index contributed by atoms with van der Waals surface area (Å²) in [6, 6.07) is 55.2. The van der Waals surface area contributed by atoms with Crippen molar-refractivity contribution in [2.45, 2.75) is 12.8 Å². The Balaban J connectivity index is 1.13. The normalized spacial score (nSPS) is 13.7. The van der Waals surface area contributed by atoms with E-state index in [-0.39, 0.29) is 5.92 Å². The van der Waals surface area contributed by atoms with Gasteiger partial charge in [0.15, 0.2) is 17.5 Å². The second kappa shape index (κ2) is 11.1. The molecule has 1 aliphatic carbocycles. The van der Waals surface area contributed by atoms with Crippen molar-refractivity contribution in [2.75, 3.05) is 0 Å². The maximum atomic E-state index is 6.70. The zero-order chi connectivity index (χ0) is 34.3. The van der Waals surface area contributed by atoms with E-state index in [4.69, 9.17) is 19.4 Å². The summed E-state index contributed by atoms with van der Waals surface area (Å²) < 4.78 is 9.16. The number of hydrogen-bond donors (Lipinski definition) is 0. The summed E-state index contributed by atoms with van der Waals surface area (Å²) >= 11 is 0. The molecule has 5 heteroatoms. The van der Waals surface area contributed by atoms with Crippen LogP contribution in [0.5, 0.6) is 0 Å². The van der Waals surface area contributed by atoms with Crippen LogP contribution in [0.15, 0.2) is 162 Å². The lowest BCUT2D eigenvalue weighted by atomic mass is 9.97. The molecule has 0 spiro atoms. The highest BCUT2D eigenvalue weighted by atomic mass is 16.3. The maximum Gasteiger partial charge on any atom is 0.167 e. The summed E-state index contributed by atoms with van der Waals surface area (Å²) in [7, 11) is 0. The third-order valence-electron chi connectivity index (χ3n) is 10.7. The monoisotopic (exact) mass is 666 g/mol. The third kappa shape index (κ3) is 4.20. The quantitative estimate of drug-likeness (QED) is 0.188. The van der Waals surface area contributed by atoms with Gasteiger partial charge in [0.05, 0.1) is 16.6 Å². The number of hydrogen-bond acceptors (Lipinski definition) is 4. The molecular formula is C47H30N4O. The molecule has 3 heterocycles. The van der Waals surface area contributed by atoms with Crippen molar-refractivity contribution in [3.05, 3.63) is 169 Å². The molecule has 1 aliphatic rings. The molecule has 0 saturated carbocycles. The van der Waals surface area contributed by atoms with Crippen LogP contribution >= 0.6 is 0 Å². The van der Waals surface area contributed by atoms with Crippen LogP contribution in [0.3, 0.4) is 0 Å². The van der Waals surface area contributed by atoms with Crippen LogP contribution in [-0.4, -0.2) is 19.5 Å². The highest BCUT2D eigenvalue weighted by Crippen LogP contribution is 2.50. The molecule has 11 rings (SSSR count). The van der Waals surface area contributed by atoms with E-state index in [0.29, 0.717) is 17.5 Å². The second-order valence-corrected chi connectivity index (χ2v) is 13.6. The molecule has 7 aromatic carbocycles. The molecule has 0 radical (unpaired) electrons. The number of aromatic nitrogens is 4. The second-order valence-electron chi connectivity index (χ2n) is 13.6. The minimum Gasteiger partial charge on any atom is -0.455 e. The number of para-hydroxylation sites is 2. The fraction of sp³-hybridized carbons (Fsp3) is 0.0426. The number of furan rings is 1. The Morgan fingerprint density at radius 2 is 1.15 bits per heavy atom. The molecule has 0 saturated heterocycles. The summed E-state index contributed by atoms with van der Waals surface area (Å²) in [6.07, 6.45) is 0. The lowest BCUT2D eigenvalue weighted by Crippen LogP contribution is -2.00. The smallest absolute Gasteiger partial charge is 0.167 e. The highest BCUT2D eigenvalue weighted by Gasteiger charge is 2.30. The first-order chi connectivity index (χ1) is 25.7. The minimum absolute atomic E-state index is 0.279. The maximum absolute atomic E-state index is 6.70. The Bertz CT molecular complexity index is 2970. The van der Waals surface area contributed by atoms with Crippen molar-refractivity contribution < 1.29 is 4.42 Å². The van der Waals surface area contributed by atoms with Gasteiger partial charge in [0.25, 0.3) is 0 Å². The van der Waals surface area contributed by atoms with E-state index in [0.717, 1.165) is 44.3 Å².